The van der Waals surface area contributed by atoms with Gasteiger partial charge in [-0.05, 0) is 31.8 Å². The second-order valence-electron chi connectivity index (χ2n) is 5.29. The molecule has 0 saturated carbocycles. The van der Waals surface area contributed by atoms with E-state index in [4.69, 9.17) is 5.84 Å². The molecule has 0 aromatic carbocycles. The average Bonchev–Trinajstić information content (AvgIpc) is 2.90. The third-order valence-electron chi connectivity index (χ3n) is 3.45. The monoisotopic (exact) mass is 285 g/mol. The number of aromatic nitrogens is 1. The van der Waals surface area contributed by atoms with Crippen molar-refractivity contribution in [3.8, 4) is 0 Å². The van der Waals surface area contributed by atoms with Crippen molar-refractivity contribution in [3.05, 3.63) is 17.7 Å². The van der Waals surface area contributed by atoms with Crippen molar-refractivity contribution in [1.82, 2.24) is 9.88 Å². The minimum absolute atomic E-state index is 0.0209. The molecule has 5 nitrogen and oxygen atoms in total. The van der Waals surface area contributed by atoms with Crippen LogP contribution < -0.4 is 16.6 Å². The van der Waals surface area contributed by atoms with E-state index in [1.54, 1.807) is 0 Å². The van der Waals surface area contributed by atoms with E-state index in [-0.39, 0.29) is 11.6 Å². The summed E-state index contributed by atoms with van der Waals surface area (Å²) in [5.41, 5.74) is 2.11. The molecular formula is C13H21F2N5. The standard InChI is InChI=1S/C13H21F2N5/c1-9(8-20-4-2-3-5-20)7-17-12-10(14)6-11(15)13(18-12)19-16/h6,9H,2-5,7-8,16H2,1H3,(H2,17,18,19). The van der Waals surface area contributed by atoms with E-state index in [0.717, 1.165) is 25.7 Å². The van der Waals surface area contributed by atoms with Crippen LogP contribution in [-0.4, -0.2) is 36.1 Å². The van der Waals surface area contributed by atoms with Gasteiger partial charge < -0.3 is 15.6 Å². The zero-order chi connectivity index (χ0) is 14.5. The topological polar surface area (TPSA) is 66.2 Å². The number of nitrogens with zero attached hydrogens (tertiary/aromatic N) is 2. The summed E-state index contributed by atoms with van der Waals surface area (Å²) in [6.07, 6.45) is 2.50. The lowest BCUT2D eigenvalue weighted by Crippen LogP contribution is -2.29. The van der Waals surface area contributed by atoms with E-state index < -0.39 is 11.6 Å². The maximum atomic E-state index is 13.6. The largest absolute Gasteiger partial charge is 0.367 e. The van der Waals surface area contributed by atoms with Gasteiger partial charge in [-0.3, -0.25) is 0 Å². The zero-order valence-electron chi connectivity index (χ0n) is 11.6. The highest BCUT2D eigenvalue weighted by Crippen LogP contribution is 2.18. The molecule has 0 bridgehead atoms. The molecule has 0 spiro atoms. The number of nitrogens with two attached hydrogens (primary N) is 1. The minimum Gasteiger partial charge on any atom is -0.367 e. The Hall–Kier alpha value is -1.47. The fourth-order valence-corrected chi connectivity index (χ4v) is 2.43. The predicted molar refractivity (Wildman–Crippen MR) is 75.3 cm³/mol. The summed E-state index contributed by atoms with van der Waals surface area (Å²) in [6.45, 7) is 5.91. The summed E-state index contributed by atoms with van der Waals surface area (Å²) in [5.74, 6) is 3.82. The molecule has 0 aliphatic carbocycles. The lowest BCUT2D eigenvalue weighted by Gasteiger charge is -2.20. The van der Waals surface area contributed by atoms with Crippen LogP contribution in [0.3, 0.4) is 0 Å². The average molecular weight is 285 g/mol. The number of anilines is 2. The van der Waals surface area contributed by atoms with Gasteiger partial charge >= 0.3 is 0 Å². The van der Waals surface area contributed by atoms with Crippen LogP contribution in [0.15, 0.2) is 6.07 Å². The number of nitrogens with one attached hydrogen (secondary N) is 2. The van der Waals surface area contributed by atoms with Crippen molar-refractivity contribution in [2.75, 3.05) is 36.9 Å². The Kier molecular flexibility index (Phi) is 5.08. The van der Waals surface area contributed by atoms with Gasteiger partial charge in [-0.15, -0.1) is 0 Å². The third kappa shape index (κ3) is 3.77. The van der Waals surface area contributed by atoms with Gasteiger partial charge in [-0.1, -0.05) is 6.92 Å². The number of nitrogen functional groups attached to an aromatic ring is 1. The van der Waals surface area contributed by atoms with Crippen molar-refractivity contribution in [2.24, 2.45) is 11.8 Å². The van der Waals surface area contributed by atoms with Gasteiger partial charge in [0, 0.05) is 19.2 Å². The lowest BCUT2D eigenvalue weighted by molar-refractivity contribution is 0.294. The quantitative estimate of drug-likeness (QED) is 0.549. The van der Waals surface area contributed by atoms with Crippen molar-refractivity contribution < 1.29 is 8.78 Å². The molecule has 20 heavy (non-hydrogen) atoms. The maximum absolute atomic E-state index is 13.6. The first kappa shape index (κ1) is 14.9. The number of hydrogen-bond donors (Lipinski definition) is 3. The Morgan fingerprint density at radius 1 is 1.30 bits per heavy atom. The smallest absolute Gasteiger partial charge is 0.178 e. The van der Waals surface area contributed by atoms with Gasteiger partial charge in [0.05, 0.1) is 0 Å². The highest BCUT2D eigenvalue weighted by molar-refractivity contribution is 5.46. The Balaban J connectivity index is 1.89. The number of hydrazine groups is 1. The molecule has 0 radical (unpaired) electrons. The second-order valence-corrected chi connectivity index (χ2v) is 5.29. The highest BCUT2D eigenvalue weighted by Gasteiger charge is 2.16. The molecule has 1 aromatic heterocycles. The van der Waals surface area contributed by atoms with E-state index in [9.17, 15) is 8.78 Å². The zero-order valence-corrected chi connectivity index (χ0v) is 11.6. The molecule has 1 aliphatic rings. The first-order valence-corrected chi connectivity index (χ1v) is 6.89. The number of rotatable bonds is 6. The summed E-state index contributed by atoms with van der Waals surface area (Å²) in [5, 5.41) is 2.91. The van der Waals surface area contributed by atoms with Gasteiger partial charge in [-0.25, -0.2) is 19.6 Å². The summed E-state index contributed by atoms with van der Waals surface area (Å²) in [6, 6.07) is 0.773. The van der Waals surface area contributed by atoms with Crippen LogP contribution in [0.25, 0.3) is 0 Å². The van der Waals surface area contributed by atoms with Crippen LogP contribution in [0.2, 0.25) is 0 Å². The van der Waals surface area contributed by atoms with Gasteiger partial charge in [0.15, 0.2) is 23.3 Å². The predicted octanol–water partition coefficient (Wildman–Crippen LogP) is 1.79. The van der Waals surface area contributed by atoms with E-state index in [2.05, 4.69) is 27.6 Å². The first-order valence-electron chi connectivity index (χ1n) is 6.89. The molecule has 112 valence electrons. The normalized spacial score (nSPS) is 17.2. The SMILES string of the molecule is CC(CNc1nc(NN)c(F)cc1F)CN1CCCC1. The number of halogens is 2. The molecule has 1 aliphatic heterocycles. The Morgan fingerprint density at radius 2 is 1.95 bits per heavy atom. The highest BCUT2D eigenvalue weighted by atomic mass is 19.1. The maximum Gasteiger partial charge on any atom is 0.178 e. The van der Waals surface area contributed by atoms with E-state index >= 15 is 0 Å². The minimum atomic E-state index is -0.805. The van der Waals surface area contributed by atoms with Gasteiger partial charge in [0.25, 0.3) is 0 Å². The van der Waals surface area contributed by atoms with E-state index in [1.807, 2.05) is 0 Å². The van der Waals surface area contributed by atoms with Crippen LogP contribution in [0.5, 0.6) is 0 Å². The van der Waals surface area contributed by atoms with Crippen LogP contribution in [0.1, 0.15) is 19.8 Å². The number of hydrogen-bond acceptors (Lipinski definition) is 5. The molecule has 1 saturated heterocycles. The Morgan fingerprint density at radius 3 is 2.60 bits per heavy atom. The molecule has 2 heterocycles. The molecular weight excluding hydrogens is 264 g/mol. The number of likely N-dealkylation sites (tertiary alicyclic amines) is 1. The van der Waals surface area contributed by atoms with Crippen molar-refractivity contribution in [1.29, 1.82) is 0 Å². The van der Waals surface area contributed by atoms with Crippen molar-refractivity contribution in [3.63, 3.8) is 0 Å². The molecule has 1 fully saturated rings. The van der Waals surface area contributed by atoms with Gasteiger partial charge in [0.1, 0.15) is 0 Å². The Bertz CT molecular complexity index is 449. The second kappa shape index (κ2) is 6.81. The molecule has 1 atom stereocenters. The van der Waals surface area contributed by atoms with Crippen LogP contribution in [-0.2, 0) is 0 Å². The molecule has 2 rings (SSSR count). The summed E-state index contributed by atoms with van der Waals surface area (Å²) >= 11 is 0. The van der Waals surface area contributed by atoms with E-state index in [0.29, 0.717) is 12.5 Å². The third-order valence-corrected chi connectivity index (χ3v) is 3.45. The Labute approximate surface area is 117 Å². The number of pyridine rings is 1. The molecule has 1 unspecified atom stereocenters. The lowest BCUT2D eigenvalue weighted by atomic mass is 10.1. The van der Waals surface area contributed by atoms with E-state index in [1.165, 1.54) is 12.8 Å². The van der Waals surface area contributed by atoms with Gasteiger partial charge in [-0.2, -0.15) is 0 Å². The van der Waals surface area contributed by atoms with Crippen LogP contribution in [0.4, 0.5) is 20.4 Å². The summed E-state index contributed by atoms with van der Waals surface area (Å²) in [4.78, 5) is 6.18. The molecule has 0 amide bonds. The van der Waals surface area contributed by atoms with Crippen molar-refractivity contribution in [2.45, 2.75) is 19.8 Å². The molecule has 1 aromatic rings. The van der Waals surface area contributed by atoms with Crippen molar-refractivity contribution >= 4 is 11.6 Å². The fourth-order valence-electron chi connectivity index (χ4n) is 2.43. The fraction of sp³-hybridized carbons (Fsp3) is 0.615. The molecule has 4 N–H and O–H groups in total. The molecule has 7 heteroatoms. The first-order chi connectivity index (χ1) is 9.60. The van der Waals surface area contributed by atoms with Gasteiger partial charge in [0.2, 0.25) is 0 Å². The summed E-state index contributed by atoms with van der Waals surface area (Å²) < 4.78 is 26.8. The van der Waals surface area contributed by atoms with Crippen LogP contribution >= 0.6 is 0 Å². The van der Waals surface area contributed by atoms with Crippen LogP contribution in [0, 0.1) is 17.6 Å². The summed E-state index contributed by atoms with van der Waals surface area (Å²) in [7, 11) is 0.